The Morgan fingerprint density at radius 2 is 1.75 bits per heavy atom. The van der Waals surface area contributed by atoms with E-state index in [9.17, 15) is 9.59 Å². The highest BCUT2D eigenvalue weighted by Gasteiger charge is 2.34. The molecule has 5 rings (SSSR count). The number of nitrogens with two attached hydrogens (primary N) is 1. The molecule has 0 aliphatic carbocycles. The van der Waals surface area contributed by atoms with Crippen molar-refractivity contribution in [1.82, 2.24) is 29.4 Å². The van der Waals surface area contributed by atoms with Crippen LogP contribution >= 0.6 is 11.6 Å². The number of nitrogens with zero attached hydrogens (tertiary/aromatic N) is 7. The summed E-state index contributed by atoms with van der Waals surface area (Å²) in [5.41, 5.74) is 7.88. The van der Waals surface area contributed by atoms with Crippen LogP contribution in [0.15, 0.2) is 48.0 Å². The van der Waals surface area contributed by atoms with E-state index in [0.717, 1.165) is 0 Å². The van der Waals surface area contributed by atoms with Crippen LogP contribution in [0.25, 0.3) is 28.0 Å². The van der Waals surface area contributed by atoms with Crippen LogP contribution in [0.4, 0.5) is 15.9 Å². The second-order valence-corrected chi connectivity index (χ2v) is 12.2. The van der Waals surface area contributed by atoms with Gasteiger partial charge < -0.3 is 15.5 Å². The van der Waals surface area contributed by atoms with Gasteiger partial charge >= 0.3 is 5.69 Å². The molecule has 10 nitrogen and oxygen atoms in total. The molecule has 1 fully saturated rings. The summed E-state index contributed by atoms with van der Waals surface area (Å²) in [7, 11) is 0. The van der Waals surface area contributed by atoms with Crippen LogP contribution in [-0.2, 0) is 4.79 Å². The predicted octanol–water partition coefficient (Wildman–Crippen LogP) is 5.47. The largest absolute Gasteiger partial charge is 0.398 e. The zero-order valence-corrected chi connectivity index (χ0v) is 26.4. The van der Waals surface area contributed by atoms with Gasteiger partial charge in [0.25, 0.3) is 0 Å². The Morgan fingerprint density at radius 3 is 2.34 bits per heavy atom. The second kappa shape index (κ2) is 12.0. The van der Waals surface area contributed by atoms with Gasteiger partial charge in [-0.2, -0.15) is 4.98 Å². The van der Waals surface area contributed by atoms with Gasteiger partial charge in [-0.15, -0.1) is 0 Å². The van der Waals surface area contributed by atoms with E-state index in [1.807, 2.05) is 46.4 Å². The zero-order chi connectivity index (χ0) is 32.0. The van der Waals surface area contributed by atoms with E-state index >= 15 is 4.39 Å². The maximum Gasteiger partial charge on any atom is 0.355 e. The first-order valence-electron chi connectivity index (χ1n) is 14.6. The molecule has 1 amide bonds. The van der Waals surface area contributed by atoms with E-state index in [2.05, 4.69) is 21.5 Å². The number of benzene rings is 1. The molecule has 1 aliphatic rings. The van der Waals surface area contributed by atoms with Gasteiger partial charge in [-0.05, 0) is 50.0 Å². The van der Waals surface area contributed by atoms with Gasteiger partial charge in [-0.3, -0.25) is 4.79 Å². The minimum Gasteiger partial charge on any atom is -0.398 e. The minimum absolute atomic E-state index is 0.0350. The maximum atomic E-state index is 15.2. The van der Waals surface area contributed by atoms with Gasteiger partial charge in [0, 0.05) is 30.9 Å². The fraction of sp³-hybridized carbons (Fsp3) is 0.375. The molecule has 0 spiro atoms. The van der Waals surface area contributed by atoms with Crippen molar-refractivity contribution in [3.63, 3.8) is 0 Å². The summed E-state index contributed by atoms with van der Waals surface area (Å²) < 4.78 is 16.6. The number of nitrogen functional groups attached to an aromatic ring is 1. The fourth-order valence-electron chi connectivity index (χ4n) is 5.82. The van der Waals surface area contributed by atoms with E-state index in [0.29, 0.717) is 41.4 Å². The van der Waals surface area contributed by atoms with E-state index in [-0.39, 0.29) is 57.4 Å². The first-order valence-corrected chi connectivity index (χ1v) is 15.0. The van der Waals surface area contributed by atoms with E-state index in [4.69, 9.17) is 22.3 Å². The van der Waals surface area contributed by atoms with Crippen molar-refractivity contribution >= 4 is 40.0 Å². The first kappa shape index (κ1) is 31.1. The average molecular weight is 619 g/mol. The first-order chi connectivity index (χ1) is 20.8. The Labute approximate surface area is 260 Å². The number of hydrogen-bond donors (Lipinski definition) is 1. The molecular formula is C32H36ClFN8O2. The summed E-state index contributed by atoms with van der Waals surface area (Å²) in [4.78, 5) is 49.1. The molecule has 4 aromatic rings. The molecule has 3 aromatic heterocycles. The third-order valence-electron chi connectivity index (χ3n) is 8.00. The Morgan fingerprint density at radius 1 is 1.09 bits per heavy atom. The molecule has 4 heterocycles. The standard InChI is InChI=1S/C32H36ClFN8O2/c1-8-24(43)40-13-19(7)41(14-18(40)6)30-20-12-21(33)28(25-22(34)10-9-11-23(25)35)38-31(20)42(32(44)39-30)29-26(16(2)3)36-15-37-27(29)17(4)5/h8-12,15-19H,1,13-14,35H2,2-7H3/t18-,19+/m1/s1. The monoisotopic (exact) mass is 618 g/mol. The molecular weight excluding hydrogens is 583 g/mol. The number of piperazine rings is 1. The number of carbonyl (C=O) groups excluding carboxylic acids is 1. The SMILES string of the molecule is C=CC(=O)N1C[C@H](C)N(c2nc(=O)n(-c3c(C(C)C)ncnc3C(C)C)c3nc(-c4c(N)cccc4F)c(Cl)cc23)C[C@H]1C. The third kappa shape index (κ3) is 5.29. The minimum atomic E-state index is -0.599. The lowest BCUT2D eigenvalue weighted by Crippen LogP contribution is -2.58. The summed E-state index contributed by atoms with van der Waals surface area (Å²) in [5, 5.41) is 0.616. The number of rotatable bonds is 6. The van der Waals surface area contributed by atoms with Crippen molar-refractivity contribution in [2.45, 2.75) is 65.5 Å². The van der Waals surface area contributed by atoms with Crippen LogP contribution in [0.1, 0.15) is 64.8 Å². The van der Waals surface area contributed by atoms with Crippen molar-refractivity contribution in [1.29, 1.82) is 0 Å². The molecule has 2 N–H and O–H groups in total. The Bertz CT molecular complexity index is 1790. The lowest BCUT2D eigenvalue weighted by molar-refractivity contribution is -0.128. The van der Waals surface area contributed by atoms with Crippen molar-refractivity contribution in [3.8, 4) is 16.9 Å². The van der Waals surface area contributed by atoms with Gasteiger partial charge in [-0.25, -0.2) is 28.7 Å². The highest BCUT2D eigenvalue weighted by Crippen LogP contribution is 2.38. The molecule has 44 heavy (non-hydrogen) atoms. The Hall–Kier alpha value is -4.38. The molecule has 12 heteroatoms. The van der Waals surface area contributed by atoms with Gasteiger partial charge in [0.1, 0.15) is 18.0 Å². The molecule has 0 unspecified atom stereocenters. The van der Waals surface area contributed by atoms with Gasteiger partial charge in [0.05, 0.1) is 38.7 Å². The number of pyridine rings is 1. The highest BCUT2D eigenvalue weighted by atomic mass is 35.5. The van der Waals surface area contributed by atoms with Gasteiger partial charge in [0.2, 0.25) is 5.91 Å². The molecule has 0 saturated carbocycles. The average Bonchev–Trinajstić information content (AvgIpc) is 2.97. The molecule has 2 atom stereocenters. The van der Waals surface area contributed by atoms with Crippen LogP contribution in [0.5, 0.6) is 0 Å². The maximum absolute atomic E-state index is 15.2. The van der Waals surface area contributed by atoms with Gasteiger partial charge in [-0.1, -0.05) is 51.9 Å². The lowest BCUT2D eigenvalue weighted by Gasteiger charge is -2.44. The highest BCUT2D eigenvalue weighted by molar-refractivity contribution is 6.34. The second-order valence-electron chi connectivity index (χ2n) is 11.8. The van der Waals surface area contributed by atoms with Crippen molar-refractivity contribution in [2.24, 2.45) is 0 Å². The van der Waals surface area contributed by atoms with Crippen molar-refractivity contribution < 1.29 is 9.18 Å². The van der Waals surface area contributed by atoms with Crippen molar-refractivity contribution in [3.05, 3.63) is 76.0 Å². The number of fused-ring (bicyclic) bond motifs is 1. The molecule has 1 saturated heterocycles. The Balaban J connectivity index is 1.88. The smallest absolute Gasteiger partial charge is 0.355 e. The van der Waals surface area contributed by atoms with E-state index in [1.165, 1.54) is 29.1 Å². The topological polar surface area (TPSA) is 123 Å². The number of anilines is 2. The summed E-state index contributed by atoms with van der Waals surface area (Å²) in [6.07, 6.45) is 2.79. The van der Waals surface area contributed by atoms with Crippen LogP contribution in [0.3, 0.4) is 0 Å². The Kier molecular flexibility index (Phi) is 8.44. The summed E-state index contributed by atoms with van der Waals surface area (Å²) in [5.74, 6) is -0.542. The molecule has 1 aliphatic heterocycles. The number of halogens is 2. The van der Waals surface area contributed by atoms with Crippen molar-refractivity contribution in [2.75, 3.05) is 23.7 Å². The summed E-state index contributed by atoms with van der Waals surface area (Å²) >= 11 is 6.84. The molecule has 1 aromatic carbocycles. The van der Waals surface area contributed by atoms with Crippen LogP contribution in [-0.4, -0.2) is 60.5 Å². The molecule has 0 bridgehead atoms. The van der Waals surface area contributed by atoms with E-state index in [1.54, 1.807) is 17.0 Å². The number of hydrogen-bond acceptors (Lipinski definition) is 8. The zero-order valence-electron chi connectivity index (χ0n) is 25.7. The quantitative estimate of drug-likeness (QED) is 0.223. The molecule has 230 valence electrons. The van der Waals surface area contributed by atoms with Gasteiger partial charge in [0.15, 0.2) is 5.65 Å². The summed E-state index contributed by atoms with van der Waals surface area (Å²) in [6, 6.07) is 5.60. The number of aromatic nitrogens is 5. The van der Waals surface area contributed by atoms with Crippen LogP contribution in [0, 0.1) is 5.82 Å². The summed E-state index contributed by atoms with van der Waals surface area (Å²) in [6.45, 7) is 16.2. The van der Waals surface area contributed by atoms with Crippen LogP contribution in [0.2, 0.25) is 5.02 Å². The predicted molar refractivity (Wildman–Crippen MR) is 172 cm³/mol. The van der Waals surface area contributed by atoms with E-state index < -0.39 is 11.5 Å². The number of carbonyl (C=O) groups is 1. The molecule has 0 radical (unpaired) electrons. The third-order valence-corrected chi connectivity index (χ3v) is 8.28. The normalized spacial score (nSPS) is 17.1. The fourth-order valence-corrected chi connectivity index (χ4v) is 6.06. The number of amides is 1. The van der Waals surface area contributed by atoms with Crippen LogP contribution < -0.4 is 16.3 Å². The lowest BCUT2D eigenvalue weighted by atomic mass is 10.0.